The lowest BCUT2D eigenvalue weighted by molar-refractivity contribution is -0.384. The van der Waals surface area contributed by atoms with E-state index in [9.17, 15) is 19.7 Å². The number of aromatic nitrogens is 1. The minimum absolute atomic E-state index is 0.0124. The molecule has 44 heavy (non-hydrogen) atoms. The summed E-state index contributed by atoms with van der Waals surface area (Å²) in [6.07, 6.45) is 1.47. The molecule has 0 saturated heterocycles. The number of ether oxygens (including phenoxy) is 3. The van der Waals surface area contributed by atoms with Gasteiger partial charge in [-0.05, 0) is 69.7 Å². The summed E-state index contributed by atoms with van der Waals surface area (Å²) in [4.78, 5) is 42.9. The van der Waals surface area contributed by atoms with Crippen molar-refractivity contribution >= 4 is 40.7 Å². The number of nitro benzene ring substituents is 1. The summed E-state index contributed by atoms with van der Waals surface area (Å²) in [7, 11) is 1.52. The van der Waals surface area contributed by atoms with Crippen LogP contribution in [0.2, 0.25) is 5.02 Å². The Balaban J connectivity index is 1.63. The van der Waals surface area contributed by atoms with Crippen LogP contribution in [0, 0.1) is 10.1 Å². The van der Waals surface area contributed by atoms with Crippen LogP contribution in [0.5, 0.6) is 11.5 Å². The third kappa shape index (κ3) is 5.90. The molecule has 5 rings (SSSR count). The molecule has 0 spiro atoms. The third-order valence-electron chi connectivity index (χ3n) is 6.71. The second kappa shape index (κ2) is 12.5. The monoisotopic (exact) mass is 637 g/mol. The molecule has 0 aliphatic carbocycles. The molecule has 0 radical (unpaired) electrons. The van der Waals surface area contributed by atoms with Gasteiger partial charge in [-0.2, -0.15) is 0 Å². The molecule has 228 valence electrons. The number of carbonyl (C=O) groups is 1. The van der Waals surface area contributed by atoms with Gasteiger partial charge < -0.3 is 18.6 Å². The molecule has 1 aliphatic heterocycles. The lowest BCUT2D eigenvalue weighted by Gasteiger charge is -2.25. The number of halogens is 1. The third-order valence-corrected chi connectivity index (χ3v) is 8.01. The van der Waals surface area contributed by atoms with Gasteiger partial charge in [0.2, 0.25) is 0 Å². The minimum atomic E-state index is -0.851. The number of nitrogens with zero attached hydrogens (tertiary/aromatic N) is 3. The Morgan fingerprint density at radius 2 is 1.98 bits per heavy atom. The van der Waals surface area contributed by atoms with E-state index < -0.39 is 22.5 Å². The smallest absolute Gasteiger partial charge is 0.338 e. The molecule has 1 aliphatic rings. The quantitative estimate of drug-likeness (QED) is 0.135. The van der Waals surface area contributed by atoms with Crippen molar-refractivity contribution in [3.8, 4) is 22.8 Å². The first-order valence-corrected chi connectivity index (χ1v) is 14.8. The highest BCUT2D eigenvalue weighted by molar-refractivity contribution is 7.07. The maximum atomic E-state index is 14.0. The topological polar surface area (TPSA) is 135 Å². The Morgan fingerprint density at radius 1 is 1.20 bits per heavy atom. The van der Waals surface area contributed by atoms with Crippen molar-refractivity contribution in [1.29, 1.82) is 0 Å². The van der Waals surface area contributed by atoms with Crippen molar-refractivity contribution in [2.75, 3.05) is 13.7 Å². The number of fused-ring (bicyclic) bond motifs is 1. The van der Waals surface area contributed by atoms with Crippen molar-refractivity contribution in [3.63, 3.8) is 0 Å². The van der Waals surface area contributed by atoms with Crippen molar-refractivity contribution in [2.45, 2.75) is 39.8 Å². The number of methoxy groups -OCH3 is 1. The van der Waals surface area contributed by atoms with Gasteiger partial charge in [-0.1, -0.05) is 29.0 Å². The SMILES string of the molecule is CCOC(=O)C1=C(C)N=c2s/c(=C/c3ccc(-c4ccc(Cl)c([N+](=O)[O-])c4)o3)c(=O)n2[C@H]1c1ccc(OC(C)C)c(OC)c1. The molecule has 4 aromatic rings. The average molecular weight is 638 g/mol. The van der Waals surface area contributed by atoms with Gasteiger partial charge in [-0.3, -0.25) is 19.5 Å². The first-order valence-electron chi connectivity index (χ1n) is 13.6. The molecule has 2 aromatic carbocycles. The zero-order valence-corrected chi connectivity index (χ0v) is 26.0. The summed E-state index contributed by atoms with van der Waals surface area (Å²) in [6, 6.07) is 12.1. The fourth-order valence-electron chi connectivity index (χ4n) is 4.83. The number of benzene rings is 2. The molecule has 0 unspecified atom stereocenters. The molecule has 2 aromatic heterocycles. The van der Waals surface area contributed by atoms with E-state index in [4.69, 9.17) is 30.2 Å². The number of esters is 1. The van der Waals surface area contributed by atoms with Gasteiger partial charge in [0.05, 0.1) is 46.6 Å². The molecule has 3 heterocycles. The maximum absolute atomic E-state index is 14.0. The van der Waals surface area contributed by atoms with E-state index in [2.05, 4.69) is 4.99 Å². The lowest BCUT2D eigenvalue weighted by Crippen LogP contribution is -2.40. The van der Waals surface area contributed by atoms with E-state index in [-0.39, 0.29) is 29.0 Å². The van der Waals surface area contributed by atoms with Crippen LogP contribution < -0.4 is 24.4 Å². The maximum Gasteiger partial charge on any atom is 0.338 e. The number of hydrogen-bond donors (Lipinski definition) is 0. The fourth-order valence-corrected chi connectivity index (χ4v) is 6.05. The number of furan rings is 1. The zero-order chi connectivity index (χ0) is 31.7. The predicted molar refractivity (Wildman–Crippen MR) is 165 cm³/mol. The lowest BCUT2D eigenvalue weighted by atomic mass is 9.95. The number of allylic oxidation sites excluding steroid dienone is 1. The average Bonchev–Trinajstić information content (AvgIpc) is 3.56. The molecule has 11 nitrogen and oxygen atoms in total. The van der Waals surface area contributed by atoms with Crippen LogP contribution >= 0.6 is 22.9 Å². The number of thiazole rings is 1. The van der Waals surface area contributed by atoms with Gasteiger partial charge in [-0.15, -0.1) is 0 Å². The molecule has 0 fully saturated rings. The minimum Gasteiger partial charge on any atom is -0.493 e. The largest absolute Gasteiger partial charge is 0.493 e. The van der Waals surface area contributed by atoms with Gasteiger partial charge >= 0.3 is 5.97 Å². The fraction of sp³-hybridized carbons (Fsp3) is 0.258. The Hall–Kier alpha value is -4.68. The van der Waals surface area contributed by atoms with Crippen LogP contribution in [0.4, 0.5) is 5.69 Å². The molecular weight excluding hydrogens is 610 g/mol. The standard InChI is InChI=1S/C31H28ClN3O8S/c1-6-41-30(37)27-17(4)33-31-34(28(27)19-8-11-24(42-16(2)3)25(14-19)40-5)29(36)26(44-31)15-20-9-12-23(43-20)18-7-10-21(32)22(13-18)35(38)39/h7-16,28H,6H2,1-5H3/b26-15+/t28-/m0/s1. The molecule has 13 heteroatoms. The molecule has 0 N–H and O–H groups in total. The molecule has 1 atom stereocenters. The first-order chi connectivity index (χ1) is 21.0. The first kappa shape index (κ1) is 30.8. The summed E-state index contributed by atoms with van der Waals surface area (Å²) < 4.78 is 24.5. The summed E-state index contributed by atoms with van der Waals surface area (Å²) in [5, 5.41) is 11.3. The molecule has 0 bridgehead atoms. The normalized spacial score (nSPS) is 14.8. The van der Waals surface area contributed by atoms with Crippen molar-refractivity contribution in [3.05, 3.63) is 106 Å². The van der Waals surface area contributed by atoms with Crippen LogP contribution in [0.3, 0.4) is 0 Å². The van der Waals surface area contributed by atoms with Crippen molar-refractivity contribution < 1.29 is 28.3 Å². The van der Waals surface area contributed by atoms with Gasteiger partial charge in [0.15, 0.2) is 16.3 Å². The Kier molecular flexibility index (Phi) is 8.75. The van der Waals surface area contributed by atoms with Crippen molar-refractivity contribution in [1.82, 2.24) is 4.57 Å². The number of hydrogen-bond acceptors (Lipinski definition) is 10. The van der Waals surface area contributed by atoms with Gasteiger partial charge in [0.1, 0.15) is 16.5 Å². The van der Waals surface area contributed by atoms with E-state index in [0.717, 1.165) is 11.3 Å². The Labute approximate surface area is 260 Å². The summed E-state index contributed by atoms with van der Waals surface area (Å²) in [5.41, 5.74) is 1.07. The highest BCUT2D eigenvalue weighted by Crippen LogP contribution is 2.37. The molecule has 0 amide bonds. The predicted octanol–water partition coefficient (Wildman–Crippen LogP) is 5.42. The van der Waals surface area contributed by atoms with E-state index in [1.54, 1.807) is 56.3 Å². The van der Waals surface area contributed by atoms with Gasteiger partial charge in [0, 0.05) is 17.7 Å². The van der Waals surface area contributed by atoms with Crippen LogP contribution in [0.1, 0.15) is 45.1 Å². The highest BCUT2D eigenvalue weighted by atomic mass is 35.5. The number of rotatable bonds is 9. The summed E-state index contributed by atoms with van der Waals surface area (Å²) in [6.45, 7) is 7.36. The van der Waals surface area contributed by atoms with Crippen LogP contribution in [0.15, 0.2) is 74.0 Å². The van der Waals surface area contributed by atoms with Crippen LogP contribution in [-0.2, 0) is 9.53 Å². The summed E-state index contributed by atoms with van der Waals surface area (Å²) in [5.74, 6) is 1.09. The van der Waals surface area contributed by atoms with Crippen LogP contribution in [0.25, 0.3) is 17.4 Å². The molecule has 0 saturated carbocycles. The highest BCUT2D eigenvalue weighted by Gasteiger charge is 2.34. The van der Waals surface area contributed by atoms with Crippen molar-refractivity contribution in [2.24, 2.45) is 4.99 Å². The zero-order valence-electron chi connectivity index (χ0n) is 24.5. The van der Waals surface area contributed by atoms with E-state index >= 15 is 0 Å². The van der Waals surface area contributed by atoms with Gasteiger partial charge in [-0.25, -0.2) is 9.79 Å². The van der Waals surface area contributed by atoms with E-state index in [0.29, 0.717) is 49.2 Å². The second-order valence-electron chi connectivity index (χ2n) is 10.0. The number of carbonyl (C=O) groups excluding carboxylic acids is 1. The van der Waals surface area contributed by atoms with Crippen LogP contribution in [-0.4, -0.2) is 35.3 Å². The van der Waals surface area contributed by atoms with E-state index in [1.165, 1.54) is 23.8 Å². The second-order valence-corrected chi connectivity index (χ2v) is 11.4. The van der Waals surface area contributed by atoms with E-state index in [1.807, 2.05) is 13.8 Å². The Morgan fingerprint density at radius 3 is 2.66 bits per heavy atom. The molecular formula is C31H28ClN3O8S. The Bertz CT molecular complexity index is 1990. The summed E-state index contributed by atoms with van der Waals surface area (Å²) >= 11 is 7.09. The van der Waals surface area contributed by atoms with Gasteiger partial charge in [0.25, 0.3) is 11.2 Å². The number of nitro groups is 1.